The third-order valence-corrected chi connectivity index (χ3v) is 13.0. The minimum absolute atomic E-state index is 0.0931. The Morgan fingerprint density at radius 2 is 0.536 bits per heavy atom. The molecule has 0 aromatic rings. The van der Waals surface area contributed by atoms with Gasteiger partial charge >= 0.3 is 17.9 Å². The molecule has 0 saturated heterocycles. The third-order valence-electron chi connectivity index (χ3n) is 13.0. The normalized spacial score (nSPS) is 12.4. The summed E-state index contributed by atoms with van der Waals surface area (Å²) in [6.45, 7) is 6.59. The predicted molar refractivity (Wildman–Crippen MR) is 298 cm³/mol. The smallest absolute Gasteiger partial charge is 0.306 e. The summed E-state index contributed by atoms with van der Waals surface area (Å²) in [6.07, 6.45) is 72.2. The van der Waals surface area contributed by atoms with Gasteiger partial charge in [-0.2, -0.15) is 0 Å². The Kier molecular flexibility index (Phi) is 55.3. The minimum atomic E-state index is -0.798. The fourth-order valence-electron chi connectivity index (χ4n) is 8.45. The molecule has 0 N–H and O–H groups in total. The number of hydrogen-bond donors (Lipinski definition) is 0. The van der Waals surface area contributed by atoms with Crippen LogP contribution in [0.4, 0.5) is 0 Å². The molecule has 0 spiro atoms. The van der Waals surface area contributed by atoms with Crippen LogP contribution in [0.25, 0.3) is 0 Å². The van der Waals surface area contributed by atoms with Gasteiger partial charge in [-0.05, 0) is 103 Å². The summed E-state index contributed by atoms with van der Waals surface area (Å²) < 4.78 is 16.8. The first-order chi connectivity index (χ1) is 34.0. The molecule has 0 aliphatic carbocycles. The molecule has 6 heteroatoms. The summed E-state index contributed by atoms with van der Waals surface area (Å²) in [5, 5.41) is 0. The van der Waals surface area contributed by atoms with Crippen LogP contribution < -0.4 is 0 Å². The fourth-order valence-corrected chi connectivity index (χ4v) is 8.45. The van der Waals surface area contributed by atoms with Crippen molar-refractivity contribution in [2.24, 2.45) is 0 Å². The molecule has 0 heterocycles. The van der Waals surface area contributed by atoms with Gasteiger partial charge in [0, 0.05) is 19.3 Å². The van der Waals surface area contributed by atoms with E-state index in [1.165, 1.54) is 193 Å². The molecule has 1 atom stereocenters. The number of esters is 3. The number of unbranched alkanes of at least 4 members (excludes halogenated alkanes) is 33. The lowest BCUT2D eigenvalue weighted by Crippen LogP contribution is -2.30. The Morgan fingerprint density at radius 1 is 0.290 bits per heavy atom. The van der Waals surface area contributed by atoms with Crippen LogP contribution in [0.5, 0.6) is 0 Å². The Labute approximate surface area is 428 Å². The molecule has 6 nitrogen and oxygen atoms in total. The molecule has 0 unspecified atom stereocenters. The molecule has 0 aliphatic heterocycles. The highest BCUT2D eigenvalue weighted by atomic mass is 16.6. The van der Waals surface area contributed by atoms with Crippen molar-refractivity contribution in [2.45, 2.75) is 309 Å². The molecule has 400 valence electrons. The summed E-state index contributed by atoms with van der Waals surface area (Å²) in [5.74, 6) is -0.945. The maximum absolute atomic E-state index is 12.9. The van der Waals surface area contributed by atoms with E-state index < -0.39 is 6.10 Å². The highest BCUT2D eigenvalue weighted by molar-refractivity contribution is 5.71. The van der Waals surface area contributed by atoms with E-state index in [0.29, 0.717) is 19.3 Å². The fraction of sp³-hybridized carbons (Fsp3) is 0.794. The van der Waals surface area contributed by atoms with Gasteiger partial charge in [-0.25, -0.2) is 0 Å². The first kappa shape index (κ1) is 66.1. The summed E-state index contributed by atoms with van der Waals surface area (Å²) in [4.78, 5) is 38.1. The van der Waals surface area contributed by atoms with Gasteiger partial charge in [0.05, 0.1) is 0 Å². The van der Waals surface area contributed by atoms with Gasteiger partial charge in [0.25, 0.3) is 0 Å². The van der Waals surface area contributed by atoms with Crippen molar-refractivity contribution in [2.75, 3.05) is 13.2 Å². The van der Waals surface area contributed by atoms with Crippen molar-refractivity contribution >= 4 is 17.9 Å². The summed E-state index contributed by atoms with van der Waals surface area (Å²) in [6, 6.07) is 0. The number of ether oxygens (including phenoxy) is 3. The van der Waals surface area contributed by atoms with Crippen LogP contribution in [0.1, 0.15) is 303 Å². The number of carbonyl (C=O) groups excluding carboxylic acids is 3. The second-order valence-electron chi connectivity index (χ2n) is 19.9. The minimum Gasteiger partial charge on any atom is -0.462 e. The molecule has 0 aromatic carbocycles. The molecule has 0 saturated carbocycles. The van der Waals surface area contributed by atoms with Crippen LogP contribution in [0.15, 0.2) is 60.8 Å². The lowest BCUT2D eigenvalue weighted by molar-refractivity contribution is -0.167. The third kappa shape index (κ3) is 55.9. The second-order valence-corrected chi connectivity index (χ2v) is 19.9. The first-order valence-electron chi connectivity index (χ1n) is 29.8. The van der Waals surface area contributed by atoms with Crippen molar-refractivity contribution in [1.29, 1.82) is 0 Å². The summed E-state index contributed by atoms with van der Waals surface area (Å²) in [7, 11) is 0. The molecular formula is C63H112O6. The van der Waals surface area contributed by atoms with E-state index in [0.717, 1.165) is 64.2 Å². The van der Waals surface area contributed by atoms with Crippen molar-refractivity contribution in [3.8, 4) is 0 Å². The summed E-state index contributed by atoms with van der Waals surface area (Å²) in [5.41, 5.74) is 0. The first-order valence-corrected chi connectivity index (χ1v) is 29.8. The van der Waals surface area contributed by atoms with Gasteiger partial charge in [-0.3, -0.25) is 14.4 Å². The highest BCUT2D eigenvalue weighted by Gasteiger charge is 2.19. The molecule has 0 aromatic heterocycles. The van der Waals surface area contributed by atoms with Crippen molar-refractivity contribution in [1.82, 2.24) is 0 Å². The SMILES string of the molecule is CCCCCC/C=C\CCCCCCCC(=O)OC[C@@H](COC(=O)CCC/C=C\C/C=C\C/C=C\CCCCCCCC)OC(=O)CCCCCCCCCCCCC/C=C\CCCCCCCC. The van der Waals surface area contributed by atoms with Gasteiger partial charge in [0.15, 0.2) is 6.10 Å². The second kappa shape index (κ2) is 57.7. The Hall–Kier alpha value is -2.89. The number of hydrogen-bond acceptors (Lipinski definition) is 6. The van der Waals surface area contributed by atoms with Crippen LogP contribution in [-0.4, -0.2) is 37.2 Å². The van der Waals surface area contributed by atoms with Crippen LogP contribution in [-0.2, 0) is 28.6 Å². The van der Waals surface area contributed by atoms with Crippen LogP contribution in [0.2, 0.25) is 0 Å². The molecule has 0 fully saturated rings. The van der Waals surface area contributed by atoms with E-state index in [9.17, 15) is 14.4 Å². The molecular weight excluding hydrogens is 853 g/mol. The highest BCUT2D eigenvalue weighted by Crippen LogP contribution is 2.15. The van der Waals surface area contributed by atoms with Crippen molar-refractivity contribution in [3.05, 3.63) is 60.8 Å². The van der Waals surface area contributed by atoms with Gasteiger partial charge in [0.2, 0.25) is 0 Å². The molecule has 0 radical (unpaired) electrons. The molecule has 0 rings (SSSR count). The van der Waals surface area contributed by atoms with E-state index in [-0.39, 0.29) is 37.5 Å². The van der Waals surface area contributed by atoms with Gasteiger partial charge in [-0.1, -0.05) is 242 Å². The zero-order valence-electron chi connectivity index (χ0n) is 45.8. The standard InChI is InChI=1S/C63H112O6/c1-4-7-10-13-16-19-22-25-27-29-30-31-32-34-36-39-42-45-48-51-54-57-63(66)69-60(58-67-61(64)55-52-49-46-43-40-37-24-21-18-15-12-9-6-3)59-68-62(65)56-53-50-47-44-41-38-35-33-28-26-23-20-17-14-11-8-5-2/h21,24-28,35,38,44,47,60H,4-20,22-23,29-34,36-37,39-43,45-46,48-59H2,1-3H3/b24-21-,27-25-,28-26-,38-35-,47-44-/t60-/m0/s1. The van der Waals surface area contributed by atoms with Crippen LogP contribution in [0.3, 0.4) is 0 Å². The maximum atomic E-state index is 12.9. The molecule has 69 heavy (non-hydrogen) atoms. The quantitative estimate of drug-likeness (QED) is 0.0262. The van der Waals surface area contributed by atoms with Crippen LogP contribution in [0, 0.1) is 0 Å². The monoisotopic (exact) mass is 965 g/mol. The van der Waals surface area contributed by atoms with E-state index in [4.69, 9.17) is 14.2 Å². The van der Waals surface area contributed by atoms with Crippen molar-refractivity contribution in [3.63, 3.8) is 0 Å². The zero-order valence-corrected chi connectivity index (χ0v) is 45.8. The maximum Gasteiger partial charge on any atom is 0.306 e. The van der Waals surface area contributed by atoms with Gasteiger partial charge in [-0.15, -0.1) is 0 Å². The average molecular weight is 966 g/mol. The van der Waals surface area contributed by atoms with E-state index in [2.05, 4.69) is 81.5 Å². The lowest BCUT2D eigenvalue weighted by atomic mass is 10.0. The predicted octanol–water partition coefficient (Wildman–Crippen LogP) is 20.0. The molecule has 0 aliphatic rings. The van der Waals surface area contributed by atoms with Crippen molar-refractivity contribution < 1.29 is 28.6 Å². The van der Waals surface area contributed by atoms with E-state index >= 15 is 0 Å². The number of rotatable bonds is 54. The topological polar surface area (TPSA) is 78.9 Å². The Balaban J connectivity index is 4.40. The lowest BCUT2D eigenvalue weighted by Gasteiger charge is -2.18. The molecule has 0 bridgehead atoms. The van der Waals surface area contributed by atoms with E-state index in [1.54, 1.807) is 0 Å². The average Bonchev–Trinajstić information content (AvgIpc) is 3.35. The zero-order chi connectivity index (χ0) is 50.0. The number of allylic oxidation sites excluding steroid dienone is 10. The Morgan fingerprint density at radius 3 is 0.899 bits per heavy atom. The van der Waals surface area contributed by atoms with Crippen LogP contribution >= 0.6 is 0 Å². The largest absolute Gasteiger partial charge is 0.462 e. The van der Waals surface area contributed by atoms with Gasteiger partial charge in [0.1, 0.15) is 13.2 Å². The molecule has 0 amide bonds. The van der Waals surface area contributed by atoms with E-state index in [1.807, 2.05) is 0 Å². The number of carbonyl (C=O) groups is 3. The summed E-state index contributed by atoms with van der Waals surface area (Å²) >= 11 is 0. The van der Waals surface area contributed by atoms with Gasteiger partial charge < -0.3 is 14.2 Å². The Bertz CT molecular complexity index is 1250.